The first-order valence-electron chi connectivity index (χ1n) is 12.4. The first-order valence-corrected chi connectivity index (χ1v) is 12.4. The molecular weight excluding hydrogens is 509 g/mol. The minimum Gasteiger partial charge on any atom is -0.494 e. The predicted molar refractivity (Wildman–Crippen MR) is 143 cm³/mol. The zero-order valence-electron chi connectivity index (χ0n) is 21.1. The smallest absolute Gasteiger partial charge is 0.416 e. The van der Waals surface area contributed by atoms with Crippen molar-refractivity contribution in [3.63, 3.8) is 0 Å². The summed E-state index contributed by atoms with van der Waals surface area (Å²) in [6, 6.07) is 17.0. The van der Waals surface area contributed by atoms with Crippen molar-refractivity contribution in [1.29, 1.82) is 0 Å². The van der Waals surface area contributed by atoms with Gasteiger partial charge in [-0.2, -0.15) is 13.2 Å². The van der Waals surface area contributed by atoms with E-state index in [0.717, 1.165) is 24.1 Å². The lowest BCUT2D eigenvalue weighted by molar-refractivity contribution is -0.137. The Labute approximate surface area is 223 Å². The number of nitrogens with one attached hydrogen (secondary N) is 2. The molecule has 0 spiro atoms. The number of aliphatic hydroxyl groups is 1. The van der Waals surface area contributed by atoms with Crippen LogP contribution in [0.25, 0.3) is 5.57 Å². The Morgan fingerprint density at radius 2 is 1.74 bits per heavy atom. The van der Waals surface area contributed by atoms with Gasteiger partial charge in [0.05, 0.1) is 12.2 Å². The summed E-state index contributed by atoms with van der Waals surface area (Å²) in [7, 11) is 0. The third-order valence-electron chi connectivity index (χ3n) is 6.06. The Morgan fingerprint density at radius 1 is 1.08 bits per heavy atom. The molecule has 4 rings (SSSR count). The molecule has 6 nitrogen and oxygen atoms in total. The number of ether oxygens (including phenoxy) is 1. The summed E-state index contributed by atoms with van der Waals surface area (Å²) in [5, 5.41) is 15.3. The average molecular weight is 537 g/mol. The quantitative estimate of drug-likeness (QED) is 0.244. The van der Waals surface area contributed by atoms with Crippen LogP contribution in [-0.2, 0) is 22.2 Å². The van der Waals surface area contributed by atoms with E-state index in [1.54, 1.807) is 48.5 Å². The first kappa shape index (κ1) is 27.7. The van der Waals surface area contributed by atoms with Crippen LogP contribution in [-0.4, -0.2) is 29.6 Å². The number of fused-ring (bicyclic) bond motifs is 1. The zero-order chi connectivity index (χ0) is 28.0. The molecule has 9 heteroatoms. The van der Waals surface area contributed by atoms with Crippen LogP contribution in [0.15, 0.2) is 85.0 Å². The van der Waals surface area contributed by atoms with Crippen molar-refractivity contribution >= 4 is 28.8 Å². The van der Waals surface area contributed by atoms with Crippen LogP contribution in [0.1, 0.15) is 35.6 Å². The summed E-state index contributed by atoms with van der Waals surface area (Å²) in [6.07, 6.45) is -0.290. The standard InChI is InChI=1S/C30H27F3N2O4/c1-2-17-39-22-15-11-20(12-16-22)23(19-9-13-21(14-10-19)30(31,32)33)5-3-8-28(37)34-25-6-4-7-26-24(25)18-27(36)29(38)35-26/h3-16,27,36H,2,17-18H2,1H3,(H,34,37)(H,35,38)/b8-3+,23-5+. The largest absolute Gasteiger partial charge is 0.494 e. The molecule has 1 aliphatic heterocycles. The second-order valence-corrected chi connectivity index (χ2v) is 8.92. The summed E-state index contributed by atoms with van der Waals surface area (Å²) in [4.78, 5) is 24.4. The summed E-state index contributed by atoms with van der Waals surface area (Å²) in [5.41, 5.74) is 2.70. The van der Waals surface area contributed by atoms with Crippen LogP contribution in [0.2, 0.25) is 0 Å². The summed E-state index contributed by atoms with van der Waals surface area (Å²) in [6.45, 7) is 2.56. The number of anilines is 2. The van der Waals surface area contributed by atoms with Gasteiger partial charge >= 0.3 is 6.18 Å². The molecule has 1 heterocycles. The van der Waals surface area contributed by atoms with Crippen molar-refractivity contribution in [3.8, 4) is 5.75 Å². The van der Waals surface area contributed by atoms with E-state index in [2.05, 4.69) is 10.6 Å². The van der Waals surface area contributed by atoms with E-state index < -0.39 is 29.7 Å². The van der Waals surface area contributed by atoms with Gasteiger partial charge in [-0.1, -0.05) is 49.4 Å². The van der Waals surface area contributed by atoms with Crippen molar-refractivity contribution in [2.24, 2.45) is 0 Å². The number of halogens is 3. The third kappa shape index (κ3) is 6.94. The molecule has 1 atom stereocenters. The maximum atomic E-state index is 13.1. The molecule has 1 aliphatic rings. The average Bonchev–Trinajstić information content (AvgIpc) is 2.91. The lowest BCUT2D eigenvalue weighted by Gasteiger charge is -2.23. The number of alkyl halides is 3. The number of carbonyl (C=O) groups is 2. The van der Waals surface area contributed by atoms with E-state index in [1.165, 1.54) is 24.3 Å². The van der Waals surface area contributed by atoms with E-state index in [4.69, 9.17) is 4.74 Å². The van der Waals surface area contributed by atoms with Gasteiger partial charge < -0.3 is 20.5 Å². The SMILES string of the molecule is CCCOc1ccc(/C(=C/C=C/C(=O)Nc2cccc3c2CC(O)C(=O)N3)c2ccc(C(F)(F)F)cc2)cc1. The molecule has 0 saturated carbocycles. The van der Waals surface area contributed by atoms with Crippen LogP contribution in [0.3, 0.4) is 0 Å². The van der Waals surface area contributed by atoms with E-state index in [1.807, 2.05) is 6.92 Å². The molecule has 0 aliphatic carbocycles. The molecule has 39 heavy (non-hydrogen) atoms. The second-order valence-electron chi connectivity index (χ2n) is 8.92. The normalized spacial score (nSPS) is 15.6. The van der Waals surface area contributed by atoms with Gasteiger partial charge in [0.15, 0.2) is 0 Å². The highest BCUT2D eigenvalue weighted by Gasteiger charge is 2.30. The molecule has 3 aromatic carbocycles. The maximum absolute atomic E-state index is 13.1. The molecule has 0 bridgehead atoms. The molecule has 3 N–H and O–H groups in total. The van der Waals surface area contributed by atoms with E-state index in [0.29, 0.717) is 40.4 Å². The minimum atomic E-state index is -4.45. The Morgan fingerprint density at radius 3 is 2.38 bits per heavy atom. The van der Waals surface area contributed by atoms with Crippen LogP contribution < -0.4 is 15.4 Å². The number of hydrogen-bond acceptors (Lipinski definition) is 4. The van der Waals surface area contributed by atoms with Crippen LogP contribution in [0.5, 0.6) is 5.75 Å². The number of benzene rings is 3. The number of carbonyl (C=O) groups excluding carboxylic acids is 2. The molecule has 202 valence electrons. The van der Waals surface area contributed by atoms with Gasteiger partial charge in [-0.05, 0) is 59.5 Å². The second kappa shape index (κ2) is 12.0. The van der Waals surface area contributed by atoms with Gasteiger partial charge in [0.1, 0.15) is 11.9 Å². The van der Waals surface area contributed by atoms with Gasteiger partial charge in [-0.3, -0.25) is 9.59 Å². The van der Waals surface area contributed by atoms with Crippen molar-refractivity contribution in [2.75, 3.05) is 17.2 Å². The van der Waals surface area contributed by atoms with E-state index >= 15 is 0 Å². The maximum Gasteiger partial charge on any atom is 0.416 e. The summed E-state index contributed by atoms with van der Waals surface area (Å²) >= 11 is 0. The molecular formula is C30H27F3N2O4. The number of allylic oxidation sites excluding steroid dienone is 2. The molecule has 3 aromatic rings. The molecule has 1 unspecified atom stereocenters. The zero-order valence-corrected chi connectivity index (χ0v) is 21.1. The number of rotatable bonds is 8. The minimum absolute atomic E-state index is 0.0667. The lowest BCUT2D eigenvalue weighted by Crippen LogP contribution is -2.34. The third-order valence-corrected chi connectivity index (χ3v) is 6.06. The first-order chi connectivity index (χ1) is 18.7. The molecule has 0 fully saturated rings. The van der Waals surface area contributed by atoms with Gasteiger partial charge in [-0.25, -0.2) is 0 Å². The van der Waals surface area contributed by atoms with Gasteiger partial charge in [0, 0.05) is 29.4 Å². The number of hydrogen-bond donors (Lipinski definition) is 3. The Balaban J connectivity index is 1.58. The number of amides is 2. The fourth-order valence-corrected chi connectivity index (χ4v) is 4.10. The molecule has 0 saturated heterocycles. The number of aliphatic hydroxyl groups excluding tert-OH is 1. The van der Waals surface area contributed by atoms with Gasteiger partial charge in [0.2, 0.25) is 5.91 Å². The summed E-state index contributed by atoms with van der Waals surface area (Å²) < 4.78 is 44.9. The van der Waals surface area contributed by atoms with Crippen molar-refractivity contribution in [1.82, 2.24) is 0 Å². The Bertz CT molecular complexity index is 1400. The highest BCUT2D eigenvalue weighted by molar-refractivity contribution is 6.03. The predicted octanol–water partition coefficient (Wildman–Crippen LogP) is 5.98. The van der Waals surface area contributed by atoms with Gasteiger partial charge in [-0.15, -0.1) is 0 Å². The van der Waals surface area contributed by atoms with Crippen LogP contribution >= 0.6 is 0 Å². The monoisotopic (exact) mass is 536 g/mol. The van der Waals surface area contributed by atoms with E-state index in [-0.39, 0.29) is 6.42 Å². The van der Waals surface area contributed by atoms with Crippen molar-refractivity contribution in [2.45, 2.75) is 32.0 Å². The Kier molecular flexibility index (Phi) is 8.51. The fraction of sp³-hybridized carbons (Fsp3) is 0.200. The highest BCUT2D eigenvalue weighted by Crippen LogP contribution is 2.32. The molecule has 2 amide bonds. The molecule has 0 radical (unpaired) electrons. The van der Waals surface area contributed by atoms with Crippen molar-refractivity contribution < 1.29 is 32.6 Å². The fourth-order valence-electron chi connectivity index (χ4n) is 4.10. The lowest BCUT2D eigenvalue weighted by atomic mass is 9.96. The van der Waals surface area contributed by atoms with E-state index in [9.17, 15) is 27.9 Å². The summed E-state index contributed by atoms with van der Waals surface area (Å²) in [5.74, 6) is -0.285. The highest BCUT2D eigenvalue weighted by atomic mass is 19.4. The van der Waals surface area contributed by atoms with Crippen LogP contribution in [0.4, 0.5) is 24.5 Å². The Hall–Kier alpha value is -4.37. The van der Waals surface area contributed by atoms with Crippen molar-refractivity contribution in [3.05, 3.63) is 107 Å². The van der Waals surface area contributed by atoms with Gasteiger partial charge in [0.25, 0.3) is 5.91 Å². The molecule has 0 aromatic heterocycles. The topological polar surface area (TPSA) is 87.7 Å². The van der Waals surface area contributed by atoms with Crippen LogP contribution in [0, 0.1) is 0 Å².